The smallest absolute Gasteiger partial charge is 0.236 e. The lowest BCUT2D eigenvalue weighted by Gasteiger charge is -2.29. The van der Waals surface area contributed by atoms with Crippen molar-refractivity contribution >= 4 is 29.0 Å². The van der Waals surface area contributed by atoms with Gasteiger partial charge >= 0.3 is 0 Å². The topological polar surface area (TPSA) is 63.4 Å². The fourth-order valence-corrected chi connectivity index (χ4v) is 2.41. The quantitative estimate of drug-likeness (QED) is 0.611. The summed E-state index contributed by atoms with van der Waals surface area (Å²) in [6.45, 7) is 7.62. The number of nitrogens with two attached hydrogens (primary N) is 1. The summed E-state index contributed by atoms with van der Waals surface area (Å²) >= 11 is 4.93. The number of carbonyl (C=O) groups is 2. The predicted octanol–water partition coefficient (Wildman–Crippen LogP) is 1.47. The van der Waals surface area contributed by atoms with Crippen LogP contribution in [0.1, 0.15) is 40.5 Å². The van der Waals surface area contributed by atoms with E-state index in [4.69, 9.17) is 18.0 Å². The Labute approximate surface area is 108 Å². The van der Waals surface area contributed by atoms with Crippen LogP contribution in [0, 0.1) is 11.3 Å². The molecule has 5 heteroatoms. The second-order valence-corrected chi connectivity index (χ2v) is 5.62. The monoisotopic (exact) mass is 256 g/mol. The summed E-state index contributed by atoms with van der Waals surface area (Å²) in [5.74, 6) is -0.184. The van der Waals surface area contributed by atoms with E-state index in [9.17, 15) is 9.59 Å². The number of nitrogens with zero attached hydrogens (tertiary/aromatic N) is 1. The van der Waals surface area contributed by atoms with Crippen LogP contribution in [0.3, 0.4) is 0 Å². The second kappa shape index (κ2) is 4.72. The molecule has 1 saturated heterocycles. The molecule has 1 fully saturated rings. The van der Waals surface area contributed by atoms with Gasteiger partial charge in [-0.1, -0.05) is 33.0 Å². The number of hydrogen-bond acceptors (Lipinski definition) is 3. The summed E-state index contributed by atoms with van der Waals surface area (Å²) in [7, 11) is 0. The van der Waals surface area contributed by atoms with E-state index >= 15 is 0 Å². The maximum atomic E-state index is 12.4. The van der Waals surface area contributed by atoms with Crippen molar-refractivity contribution in [1.29, 1.82) is 0 Å². The minimum Gasteiger partial charge on any atom is -0.392 e. The first-order valence-corrected chi connectivity index (χ1v) is 6.32. The van der Waals surface area contributed by atoms with Crippen LogP contribution >= 0.6 is 12.2 Å². The van der Waals surface area contributed by atoms with E-state index in [0.29, 0.717) is 6.42 Å². The van der Waals surface area contributed by atoms with Gasteiger partial charge in [0.2, 0.25) is 11.8 Å². The zero-order valence-electron chi connectivity index (χ0n) is 10.8. The molecule has 1 aliphatic rings. The van der Waals surface area contributed by atoms with Crippen LogP contribution in [-0.2, 0) is 9.59 Å². The molecule has 0 aromatic carbocycles. The Morgan fingerprint density at radius 1 is 1.53 bits per heavy atom. The molecule has 2 atom stereocenters. The minimum absolute atomic E-state index is 0.118. The molecule has 0 saturated carbocycles. The van der Waals surface area contributed by atoms with E-state index in [1.54, 1.807) is 0 Å². The number of carbonyl (C=O) groups excluding carboxylic acids is 2. The third kappa shape index (κ3) is 2.20. The first kappa shape index (κ1) is 14.1. The average Bonchev–Trinajstić information content (AvgIpc) is 2.43. The molecule has 0 aromatic heterocycles. The maximum absolute atomic E-state index is 12.4. The Balaban J connectivity index is 3.09. The number of rotatable bonds is 4. The molecule has 0 bridgehead atoms. The Kier molecular flexibility index (Phi) is 3.91. The van der Waals surface area contributed by atoms with Gasteiger partial charge in [-0.05, 0) is 19.3 Å². The van der Waals surface area contributed by atoms with Crippen molar-refractivity contribution in [3.63, 3.8) is 0 Å². The summed E-state index contributed by atoms with van der Waals surface area (Å²) < 4.78 is 0. The highest BCUT2D eigenvalue weighted by atomic mass is 32.1. The molecule has 0 aliphatic carbocycles. The molecule has 4 nitrogen and oxygen atoms in total. The summed E-state index contributed by atoms with van der Waals surface area (Å²) in [6, 6.07) is -0.439. The van der Waals surface area contributed by atoms with Crippen molar-refractivity contribution in [1.82, 2.24) is 4.90 Å². The van der Waals surface area contributed by atoms with Crippen molar-refractivity contribution in [2.45, 2.75) is 46.6 Å². The van der Waals surface area contributed by atoms with Crippen LogP contribution in [0.2, 0.25) is 0 Å². The van der Waals surface area contributed by atoms with Gasteiger partial charge in [-0.3, -0.25) is 14.5 Å². The van der Waals surface area contributed by atoms with Gasteiger partial charge < -0.3 is 5.73 Å². The highest BCUT2D eigenvalue weighted by Crippen LogP contribution is 2.40. The molecule has 2 amide bonds. The van der Waals surface area contributed by atoms with Gasteiger partial charge in [-0.2, -0.15) is 0 Å². The van der Waals surface area contributed by atoms with Crippen LogP contribution in [0.4, 0.5) is 0 Å². The molecule has 1 rings (SSSR count). The van der Waals surface area contributed by atoms with Crippen molar-refractivity contribution in [3.8, 4) is 0 Å². The summed E-state index contributed by atoms with van der Waals surface area (Å²) in [5.41, 5.74) is 4.99. The molecule has 0 radical (unpaired) electrons. The zero-order chi connectivity index (χ0) is 13.4. The molecule has 0 aromatic rings. The lowest BCUT2D eigenvalue weighted by Crippen LogP contribution is -2.48. The largest absolute Gasteiger partial charge is 0.392 e. The standard InChI is InChI=1S/C12H20N2O2S/c1-5-8(10(13)17)14-9(15)6-12(4,7(2)3)11(14)16/h7-8H,5-6H2,1-4H3,(H2,13,17). The number of likely N-dealkylation sites (tertiary alicyclic amines) is 1. The maximum Gasteiger partial charge on any atom is 0.236 e. The van der Waals surface area contributed by atoms with Crippen LogP contribution in [0.25, 0.3) is 0 Å². The SMILES string of the molecule is CCC(C(N)=S)N1C(=O)CC(C)(C(C)C)C1=O. The van der Waals surface area contributed by atoms with E-state index in [2.05, 4.69) is 0 Å². The molecule has 17 heavy (non-hydrogen) atoms. The molecular weight excluding hydrogens is 236 g/mol. The fourth-order valence-electron chi connectivity index (χ4n) is 2.14. The Hall–Kier alpha value is -0.970. The molecule has 96 valence electrons. The lowest BCUT2D eigenvalue weighted by atomic mass is 9.78. The van der Waals surface area contributed by atoms with E-state index in [1.165, 1.54) is 4.90 Å². The average molecular weight is 256 g/mol. The highest BCUT2D eigenvalue weighted by Gasteiger charge is 2.52. The van der Waals surface area contributed by atoms with Crippen molar-refractivity contribution in [3.05, 3.63) is 0 Å². The number of imide groups is 1. The van der Waals surface area contributed by atoms with Gasteiger partial charge in [-0.15, -0.1) is 0 Å². The number of hydrogen-bond donors (Lipinski definition) is 1. The molecule has 2 unspecified atom stereocenters. The molecule has 2 N–H and O–H groups in total. The number of thiocarbonyl (C=S) groups is 1. The molecule has 0 spiro atoms. The third-order valence-electron chi connectivity index (χ3n) is 3.80. The predicted molar refractivity (Wildman–Crippen MR) is 70.3 cm³/mol. The third-order valence-corrected chi connectivity index (χ3v) is 4.07. The van der Waals surface area contributed by atoms with Crippen LogP contribution in [-0.4, -0.2) is 27.7 Å². The molecular formula is C12H20N2O2S. The fraction of sp³-hybridized carbons (Fsp3) is 0.750. The van der Waals surface area contributed by atoms with Gasteiger partial charge in [0, 0.05) is 6.42 Å². The van der Waals surface area contributed by atoms with Gasteiger partial charge in [0.25, 0.3) is 0 Å². The van der Waals surface area contributed by atoms with Gasteiger partial charge in [0.1, 0.15) is 0 Å². The van der Waals surface area contributed by atoms with Crippen molar-refractivity contribution in [2.24, 2.45) is 17.1 Å². The highest BCUT2D eigenvalue weighted by molar-refractivity contribution is 7.80. The molecule has 1 aliphatic heterocycles. The first-order valence-electron chi connectivity index (χ1n) is 5.91. The summed E-state index contributed by atoms with van der Waals surface area (Å²) in [5, 5.41) is 0. The van der Waals surface area contributed by atoms with E-state index in [1.807, 2.05) is 27.7 Å². The lowest BCUT2D eigenvalue weighted by molar-refractivity contribution is -0.143. The Morgan fingerprint density at radius 3 is 2.35 bits per heavy atom. The Morgan fingerprint density at radius 2 is 2.06 bits per heavy atom. The van der Waals surface area contributed by atoms with Gasteiger partial charge in [0.15, 0.2) is 0 Å². The minimum atomic E-state index is -0.616. The Bertz CT molecular complexity index is 368. The van der Waals surface area contributed by atoms with Crippen molar-refractivity contribution in [2.75, 3.05) is 0 Å². The normalized spacial score (nSPS) is 26.8. The van der Waals surface area contributed by atoms with E-state index in [0.717, 1.165) is 0 Å². The molecule has 1 heterocycles. The second-order valence-electron chi connectivity index (χ2n) is 5.14. The van der Waals surface area contributed by atoms with Gasteiger partial charge in [0.05, 0.1) is 16.4 Å². The van der Waals surface area contributed by atoms with Crippen LogP contribution in [0.15, 0.2) is 0 Å². The van der Waals surface area contributed by atoms with Crippen LogP contribution in [0.5, 0.6) is 0 Å². The zero-order valence-corrected chi connectivity index (χ0v) is 11.6. The summed E-state index contributed by atoms with van der Waals surface area (Å²) in [6.07, 6.45) is 0.823. The van der Waals surface area contributed by atoms with Crippen LogP contribution < -0.4 is 5.73 Å². The van der Waals surface area contributed by atoms with Gasteiger partial charge in [-0.25, -0.2) is 0 Å². The van der Waals surface area contributed by atoms with E-state index in [-0.39, 0.29) is 29.1 Å². The number of amides is 2. The van der Waals surface area contributed by atoms with E-state index < -0.39 is 11.5 Å². The first-order chi connectivity index (χ1) is 7.75. The van der Waals surface area contributed by atoms with Crippen molar-refractivity contribution < 1.29 is 9.59 Å². The summed E-state index contributed by atoms with van der Waals surface area (Å²) in [4.78, 5) is 25.8.